The van der Waals surface area contributed by atoms with Gasteiger partial charge in [-0.3, -0.25) is 14.5 Å². The van der Waals surface area contributed by atoms with E-state index in [1.54, 1.807) is 31.4 Å². The number of rotatable bonds is 12. The third kappa shape index (κ3) is 8.34. The van der Waals surface area contributed by atoms with E-state index in [0.717, 1.165) is 32.2 Å². The molecule has 2 aromatic rings. The van der Waals surface area contributed by atoms with Gasteiger partial charge >= 0.3 is 11.9 Å². The van der Waals surface area contributed by atoms with Crippen LogP contribution >= 0.6 is 0 Å². The standard InChI is InChI=1S/C43H63NO7/c1-40(2,3)50-38(46)35-32(36(39(47)51-41(4,5)6)37(45)29-19-21-31(48-9)22-20-29)17-14-18-33(35)44(26-28-15-12-11-13-16-28)27-43-24-23-30(42(43,7)8)25-34(43)49-10/h11-13,15-16,19-22,30,32-37,45H,14,17-18,23-27H2,1-10H3/t30-,32+,33-,34-,35-,36+,37-,43-/m1/s1. The summed E-state index contributed by atoms with van der Waals surface area (Å²) in [6.07, 6.45) is 4.34. The predicted molar refractivity (Wildman–Crippen MR) is 199 cm³/mol. The summed E-state index contributed by atoms with van der Waals surface area (Å²) in [5, 5.41) is 12.2. The SMILES string of the molecule is COc1ccc([C@@H](O)[C@@H](C(=O)OC(C)(C)C)[C@H]2CCC[C@@H](N(Cc3ccccc3)C[C@]34CC[C@H](C[C@H]3OC)C4(C)C)[C@@H]2C(=O)OC(C)(C)C)cc1. The van der Waals surface area contributed by atoms with E-state index in [1.807, 2.05) is 54.7 Å². The Hall–Kier alpha value is -2.94. The second-order valence-corrected chi connectivity index (χ2v) is 18.0. The molecule has 0 unspecified atom stereocenters. The molecule has 5 rings (SSSR count). The number of fused-ring (bicyclic) bond motifs is 2. The molecule has 0 saturated heterocycles. The molecule has 0 amide bonds. The molecule has 1 N–H and O–H groups in total. The minimum Gasteiger partial charge on any atom is -0.497 e. The van der Waals surface area contributed by atoms with Crippen molar-refractivity contribution in [2.75, 3.05) is 20.8 Å². The Kier molecular flexibility index (Phi) is 11.7. The van der Waals surface area contributed by atoms with Crippen molar-refractivity contribution in [1.82, 2.24) is 4.90 Å². The average Bonchev–Trinajstić information content (AvgIpc) is 3.42. The monoisotopic (exact) mass is 705 g/mol. The van der Waals surface area contributed by atoms with Crippen LogP contribution in [0.4, 0.5) is 0 Å². The number of aliphatic hydroxyl groups excluding tert-OH is 1. The molecule has 3 aliphatic rings. The molecular weight excluding hydrogens is 642 g/mol. The first kappa shape index (κ1) is 39.3. The number of carbonyl (C=O) groups excluding carboxylic acids is 2. The predicted octanol–water partition coefficient (Wildman–Crippen LogP) is 8.16. The normalized spacial score (nSPS) is 28.7. The van der Waals surface area contributed by atoms with Gasteiger partial charge in [0.15, 0.2) is 0 Å². The van der Waals surface area contributed by atoms with Crippen molar-refractivity contribution < 1.29 is 33.6 Å². The lowest BCUT2D eigenvalue weighted by molar-refractivity contribution is -0.179. The van der Waals surface area contributed by atoms with E-state index in [1.165, 1.54) is 12.0 Å². The Morgan fingerprint density at radius 3 is 2.12 bits per heavy atom. The highest BCUT2D eigenvalue weighted by Gasteiger charge is 2.65. The molecule has 3 aliphatic carbocycles. The molecule has 0 heterocycles. The van der Waals surface area contributed by atoms with Gasteiger partial charge in [0.2, 0.25) is 0 Å². The first-order valence-electron chi connectivity index (χ1n) is 19.0. The lowest BCUT2D eigenvalue weighted by atomic mass is 9.65. The summed E-state index contributed by atoms with van der Waals surface area (Å²) in [5.74, 6) is -1.83. The Balaban J connectivity index is 1.63. The number of benzene rings is 2. The van der Waals surface area contributed by atoms with Crippen molar-refractivity contribution >= 4 is 11.9 Å². The number of esters is 2. The summed E-state index contributed by atoms with van der Waals surface area (Å²) in [5.41, 5.74) is 0.173. The van der Waals surface area contributed by atoms with Crippen molar-refractivity contribution in [3.63, 3.8) is 0 Å². The van der Waals surface area contributed by atoms with Gasteiger partial charge in [0.05, 0.1) is 31.2 Å². The van der Waals surface area contributed by atoms with Crippen molar-refractivity contribution in [3.8, 4) is 5.75 Å². The summed E-state index contributed by atoms with van der Waals surface area (Å²) in [6, 6.07) is 17.3. The first-order valence-corrected chi connectivity index (χ1v) is 19.0. The van der Waals surface area contributed by atoms with Gasteiger partial charge in [-0.25, -0.2) is 0 Å². The molecule has 3 fully saturated rings. The topological polar surface area (TPSA) is 94.5 Å². The summed E-state index contributed by atoms with van der Waals surface area (Å²) < 4.78 is 24.0. The van der Waals surface area contributed by atoms with Crippen molar-refractivity contribution in [2.24, 2.45) is 34.5 Å². The summed E-state index contributed by atoms with van der Waals surface area (Å²) in [4.78, 5) is 31.7. The van der Waals surface area contributed by atoms with E-state index >= 15 is 0 Å². The van der Waals surface area contributed by atoms with Crippen LogP contribution < -0.4 is 4.74 Å². The minimum absolute atomic E-state index is 0.0572. The molecule has 0 spiro atoms. The molecule has 0 radical (unpaired) electrons. The quantitative estimate of drug-likeness (QED) is 0.221. The third-order valence-electron chi connectivity index (χ3n) is 12.4. The van der Waals surface area contributed by atoms with Gasteiger partial charge in [0, 0.05) is 31.7 Å². The molecule has 8 atom stereocenters. The zero-order valence-corrected chi connectivity index (χ0v) is 32.7. The number of methoxy groups -OCH3 is 2. The van der Waals surface area contributed by atoms with Gasteiger partial charge in [-0.05, 0) is 114 Å². The highest BCUT2D eigenvalue weighted by molar-refractivity contribution is 5.78. The number of hydrogen-bond acceptors (Lipinski definition) is 8. The fourth-order valence-corrected chi connectivity index (χ4v) is 9.81. The summed E-state index contributed by atoms with van der Waals surface area (Å²) in [6.45, 7) is 17.4. The molecule has 0 aromatic heterocycles. The largest absolute Gasteiger partial charge is 0.497 e. The van der Waals surface area contributed by atoms with Gasteiger partial charge in [-0.1, -0.05) is 62.7 Å². The summed E-state index contributed by atoms with van der Waals surface area (Å²) in [7, 11) is 3.44. The second-order valence-electron chi connectivity index (χ2n) is 18.0. The van der Waals surface area contributed by atoms with E-state index in [4.69, 9.17) is 18.9 Å². The van der Waals surface area contributed by atoms with Crippen LogP contribution in [0.25, 0.3) is 0 Å². The maximum absolute atomic E-state index is 14.8. The van der Waals surface area contributed by atoms with E-state index in [9.17, 15) is 14.7 Å². The number of carbonyl (C=O) groups is 2. The highest BCUT2D eigenvalue weighted by atomic mass is 16.6. The average molecular weight is 706 g/mol. The van der Waals surface area contributed by atoms with Crippen LogP contribution in [0, 0.1) is 34.5 Å². The fourth-order valence-electron chi connectivity index (χ4n) is 9.81. The zero-order valence-electron chi connectivity index (χ0n) is 32.7. The smallest absolute Gasteiger partial charge is 0.312 e. The molecule has 282 valence electrons. The molecule has 2 bridgehead atoms. The van der Waals surface area contributed by atoms with Crippen LogP contribution in [0.5, 0.6) is 5.75 Å². The Bertz CT molecular complexity index is 1480. The molecule has 2 aromatic carbocycles. The second kappa shape index (κ2) is 15.2. The zero-order chi connectivity index (χ0) is 37.4. The highest BCUT2D eigenvalue weighted by Crippen LogP contribution is 2.67. The Labute approximate surface area is 306 Å². The Morgan fingerprint density at radius 1 is 0.902 bits per heavy atom. The molecule has 8 heteroatoms. The van der Waals surface area contributed by atoms with Gasteiger partial charge in [0.25, 0.3) is 0 Å². The van der Waals surface area contributed by atoms with E-state index in [0.29, 0.717) is 30.2 Å². The fraction of sp³-hybridized carbons (Fsp3) is 0.674. The summed E-state index contributed by atoms with van der Waals surface area (Å²) >= 11 is 0. The van der Waals surface area contributed by atoms with Crippen molar-refractivity contribution in [1.29, 1.82) is 0 Å². The number of hydrogen-bond donors (Lipinski definition) is 1. The van der Waals surface area contributed by atoms with Crippen LogP contribution in [-0.2, 0) is 30.3 Å². The van der Waals surface area contributed by atoms with Gasteiger partial charge in [-0.15, -0.1) is 0 Å². The van der Waals surface area contributed by atoms with E-state index in [2.05, 4.69) is 43.0 Å². The van der Waals surface area contributed by atoms with Crippen LogP contribution in [-0.4, -0.2) is 66.1 Å². The lowest BCUT2D eigenvalue weighted by Crippen LogP contribution is -2.57. The maximum atomic E-state index is 14.8. The van der Waals surface area contributed by atoms with Gasteiger partial charge in [0.1, 0.15) is 17.0 Å². The first-order chi connectivity index (χ1) is 23.9. The number of aliphatic hydroxyl groups is 1. The number of ether oxygens (including phenoxy) is 4. The van der Waals surface area contributed by atoms with Crippen LogP contribution in [0.3, 0.4) is 0 Å². The molecule has 0 aliphatic heterocycles. The maximum Gasteiger partial charge on any atom is 0.312 e. The van der Waals surface area contributed by atoms with Crippen LogP contribution in [0.1, 0.15) is 111 Å². The number of nitrogens with zero attached hydrogens (tertiary/aromatic N) is 1. The molecular formula is C43H63NO7. The van der Waals surface area contributed by atoms with Gasteiger partial charge in [-0.2, -0.15) is 0 Å². The van der Waals surface area contributed by atoms with Crippen LogP contribution in [0.2, 0.25) is 0 Å². The van der Waals surface area contributed by atoms with Crippen LogP contribution in [0.15, 0.2) is 54.6 Å². The van der Waals surface area contributed by atoms with Crippen molar-refractivity contribution in [3.05, 3.63) is 65.7 Å². The molecule has 51 heavy (non-hydrogen) atoms. The minimum atomic E-state index is -1.21. The van der Waals surface area contributed by atoms with E-state index < -0.39 is 41.0 Å². The molecule has 8 nitrogen and oxygen atoms in total. The van der Waals surface area contributed by atoms with E-state index in [-0.39, 0.29) is 28.9 Å². The lowest BCUT2D eigenvalue weighted by Gasteiger charge is -2.51. The van der Waals surface area contributed by atoms with Crippen molar-refractivity contribution in [2.45, 2.75) is 130 Å². The Morgan fingerprint density at radius 2 is 1.55 bits per heavy atom. The third-order valence-corrected chi connectivity index (χ3v) is 12.4. The molecule has 3 saturated carbocycles. The van der Waals surface area contributed by atoms with Gasteiger partial charge < -0.3 is 24.1 Å².